The first kappa shape index (κ1) is 23.1. The number of hydrogen-bond donors (Lipinski definition) is 1. The first-order valence-electron chi connectivity index (χ1n) is 11.4. The average molecular weight is 459 g/mol. The van der Waals surface area contributed by atoms with Gasteiger partial charge in [0.1, 0.15) is 11.5 Å². The number of sulfonamides is 1. The number of piperidine rings is 1. The molecule has 1 aliphatic heterocycles. The summed E-state index contributed by atoms with van der Waals surface area (Å²) in [5.41, 5.74) is 3.18. The van der Waals surface area contributed by atoms with Gasteiger partial charge in [0.25, 0.3) is 0 Å². The molecule has 0 unspecified atom stereocenters. The molecule has 174 valence electrons. The van der Waals surface area contributed by atoms with E-state index in [1.807, 2.05) is 32.9 Å². The minimum Gasteiger partial charge on any atom is -0.466 e. The Morgan fingerprint density at radius 3 is 2.44 bits per heavy atom. The molecule has 1 amide bonds. The largest absolute Gasteiger partial charge is 0.466 e. The number of carbonyl (C=O) groups is 1. The second-order valence-electron chi connectivity index (χ2n) is 10.3. The molecule has 2 aromatic rings. The summed E-state index contributed by atoms with van der Waals surface area (Å²) in [6.07, 6.45) is 2.80. The lowest BCUT2D eigenvalue weighted by molar-refractivity contribution is -0.127. The van der Waals surface area contributed by atoms with Crippen molar-refractivity contribution in [1.82, 2.24) is 9.62 Å². The van der Waals surface area contributed by atoms with Crippen molar-refractivity contribution in [2.75, 3.05) is 13.1 Å². The van der Waals surface area contributed by atoms with Crippen LogP contribution in [-0.4, -0.2) is 31.7 Å². The predicted octanol–water partition coefficient (Wildman–Crippen LogP) is 4.44. The fourth-order valence-corrected chi connectivity index (χ4v) is 6.54. The van der Waals surface area contributed by atoms with Crippen LogP contribution in [0.15, 0.2) is 33.6 Å². The summed E-state index contributed by atoms with van der Waals surface area (Å²) >= 11 is 0. The molecule has 0 saturated carbocycles. The molecular weight excluding hydrogens is 424 g/mol. The summed E-state index contributed by atoms with van der Waals surface area (Å²) in [5, 5.41) is 3.25. The molecule has 1 aromatic heterocycles. The highest BCUT2D eigenvalue weighted by molar-refractivity contribution is 7.89. The van der Waals surface area contributed by atoms with Crippen molar-refractivity contribution in [2.24, 2.45) is 11.3 Å². The van der Waals surface area contributed by atoms with Gasteiger partial charge in [-0.25, -0.2) is 8.42 Å². The molecule has 2 heterocycles. The van der Waals surface area contributed by atoms with Crippen LogP contribution in [0.5, 0.6) is 0 Å². The number of aryl methyl sites for hydroxylation is 3. The first-order valence-corrected chi connectivity index (χ1v) is 12.9. The lowest BCUT2D eigenvalue weighted by Crippen LogP contribution is -2.44. The highest BCUT2D eigenvalue weighted by Crippen LogP contribution is 2.42. The van der Waals surface area contributed by atoms with E-state index in [9.17, 15) is 13.2 Å². The fourth-order valence-electron chi connectivity index (χ4n) is 4.98. The van der Waals surface area contributed by atoms with E-state index in [4.69, 9.17) is 4.42 Å². The summed E-state index contributed by atoms with van der Waals surface area (Å²) in [5.74, 6) is 1.68. The maximum absolute atomic E-state index is 13.1. The van der Waals surface area contributed by atoms with Crippen LogP contribution in [0.2, 0.25) is 0 Å². The van der Waals surface area contributed by atoms with Gasteiger partial charge >= 0.3 is 0 Å². The SMILES string of the molecule is Cc1cc2c(o1)CC(C)(C)C[C@@H]2NC(=O)C1CCN(S(=O)(=O)c2ccc(C)c(C)c2)CC1. The second-order valence-corrected chi connectivity index (χ2v) is 12.2. The lowest BCUT2D eigenvalue weighted by atomic mass is 9.74. The molecule has 1 N–H and O–H groups in total. The number of nitrogens with zero attached hydrogens (tertiary/aromatic N) is 1. The van der Waals surface area contributed by atoms with E-state index in [1.54, 1.807) is 12.1 Å². The van der Waals surface area contributed by atoms with Crippen LogP contribution in [0, 0.1) is 32.1 Å². The molecule has 4 rings (SSSR count). The number of furan rings is 1. The lowest BCUT2D eigenvalue weighted by Gasteiger charge is -2.36. The van der Waals surface area contributed by atoms with Gasteiger partial charge in [-0.3, -0.25) is 4.79 Å². The van der Waals surface area contributed by atoms with Crippen LogP contribution in [0.25, 0.3) is 0 Å². The Labute approximate surface area is 191 Å². The van der Waals surface area contributed by atoms with E-state index >= 15 is 0 Å². The second kappa shape index (κ2) is 8.34. The van der Waals surface area contributed by atoms with Crippen molar-refractivity contribution in [3.8, 4) is 0 Å². The molecule has 1 atom stereocenters. The molecule has 6 nitrogen and oxygen atoms in total. The van der Waals surface area contributed by atoms with Gasteiger partial charge in [-0.15, -0.1) is 0 Å². The maximum atomic E-state index is 13.1. The molecule has 1 fully saturated rings. The van der Waals surface area contributed by atoms with Crippen LogP contribution in [-0.2, 0) is 21.2 Å². The normalized spacial score (nSPS) is 21.8. The molecule has 1 aromatic carbocycles. The molecule has 0 spiro atoms. The zero-order valence-electron chi connectivity index (χ0n) is 19.7. The third-order valence-electron chi connectivity index (χ3n) is 6.99. The smallest absolute Gasteiger partial charge is 0.243 e. The Morgan fingerprint density at radius 2 is 1.78 bits per heavy atom. The van der Waals surface area contributed by atoms with Gasteiger partial charge < -0.3 is 9.73 Å². The quantitative estimate of drug-likeness (QED) is 0.735. The van der Waals surface area contributed by atoms with Gasteiger partial charge in [0.2, 0.25) is 15.9 Å². The van der Waals surface area contributed by atoms with Crippen molar-refractivity contribution in [3.63, 3.8) is 0 Å². The van der Waals surface area contributed by atoms with Gasteiger partial charge in [0.05, 0.1) is 10.9 Å². The number of fused-ring (bicyclic) bond motifs is 1. The minimum atomic E-state index is -3.54. The van der Waals surface area contributed by atoms with E-state index in [1.165, 1.54) is 4.31 Å². The number of carbonyl (C=O) groups excluding carboxylic acids is 1. The Hall–Kier alpha value is -2.12. The van der Waals surface area contributed by atoms with E-state index in [2.05, 4.69) is 19.2 Å². The van der Waals surface area contributed by atoms with Crippen LogP contribution in [0.4, 0.5) is 0 Å². The zero-order chi connectivity index (χ0) is 23.3. The first-order chi connectivity index (χ1) is 15.0. The van der Waals surface area contributed by atoms with Crippen LogP contribution < -0.4 is 5.32 Å². The molecule has 2 aliphatic rings. The molecule has 0 radical (unpaired) electrons. The molecule has 0 bridgehead atoms. The Morgan fingerprint density at radius 1 is 1.09 bits per heavy atom. The van der Waals surface area contributed by atoms with Gasteiger partial charge in [0.15, 0.2) is 0 Å². The fraction of sp³-hybridized carbons (Fsp3) is 0.560. The Bertz CT molecular complexity index is 1120. The molecule has 1 saturated heterocycles. The predicted molar refractivity (Wildman–Crippen MR) is 124 cm³/mol. The molecule has 7 heteroatoms. The van der Waals surface area contributed by atoms with Crippen molar-refractivity contribution in [3.05, 3.63) is 52.5 Å². The molecular formula is C25H34N2O4S. The van der Waals surface area contributed by atoms with Crippen LogP contribution >= 0.6 is 0 Å². The monoisotopic (exact) mass is 458 g/mol. The Kier molecular flexibility index (Phi) is 6.01. The number of rotatable bonds is 4. The third kappa shape index (κ3) is 4.50. The van der Waals surface area contributed by atoms with E-state index < -0.39 is 10.0 Å². The standard InChI is InChI=1S/C25H34N2O4S/c1-16-6-7-20(12-17(16)2)32(29,30)27-10-8-19(9-11-27)24(28)26-22-14-25(4,5)15-23-21(22)13-18(3)31-23/h6-7,12-13,19,22H,8-11,14-15H2,1-5H3,(H,26,28)/t22-/m0/s1. The van der Waals surface area contributed by atoms with E-state index in [-0.39, 0.29) is 23.3 Å². The summed E-state index contributed by atoms with van der Waals surface area (Å²) in [4.78, 5) is 13.4. The maximum Gasteiger partial charge on any atom is 0.243 e. The molecule has 1 aliphatic carbocycles. The highest BCUT2D eigenvalue weighted by Gasteiger charge is 2.38. The zero-order valence-corrected chi connectivity index (χ0v) is 20.5. The van der Waals surface area contributed by atoms with Gasteiger partial charge in [-0.05, 0) is 74.8 Å². The minimum absolute atomic E-state index is 0.0146. The van der Waals surface area contributed by atoms with Crippen LogP contribution in [0.3, 0.4) is 0 Å². The van der Waals surface area contributed by atoms with Crippen LogP contribution in [0.1, 0.15) is 67.4 Å². The van der Waals surface area contributed by atoms with Crippen molar-refractivity contribution < 1.29 is 17.6 Å². The Balaban J connectivity index is 1.41. The summed E-state index contributed by atoms with van der Waals surface area (Å²) < 4.78 is 33.5. The average Bonchev–Trinajstić information content (AvgIpc) is 3.09. The third-order valence-corrected chi connectivity index (χ3v) is 8.89. The van der Waals surface area contributed by atoms with E-state index in [0.29, 0.717) is 30.8 Å². The van der Waals surface area contributed by atoms with Crippen molar-refractivity contribution in [1.29, 1.82) is 0 Å². The number of amides is 1. The van der Waals surface area contributed by atoms with Crippen molar-refractivity contribution >= 4 is 15.9 Å². The summed E-state index contributed by atoms with van der Waals surface area (Å²) in [7, 11) is -3.54. The topological polar surface area (TPSA) is 79.6 Å². The highest BCUT2D eigenvalue weighted by atomic mass is 32.2. The van der Waals surface area contributed by atoms with Gasteiger partial charge in [-0.1, -0.05) is 19.9 Å². The van der Waals surface area contributed by atoms with E-state index in [0.717, 1.165) is 41.1 Å². The molecule has 32 heavy (non-hydrogen) atoms. The number of hydrogen-bond acceptors (Lipinski definition) is 4. The summed E-state index contributed by atoms with van der Waals surface area (Å²) in [6.45, 7) is 10.9. The number of nitrogens with one attached hydrogen (secondary N) is 1. The number of benzene rings is 1. The van der Waals surface area contributed by atoms with Crippen molar-refractivity contribution in [2.45, 2.75) is 71.2 Å². The van der Waals surface area contributed by atoms with Gasteiger partial charge in [-0.2, -0.15) is 4.31 Å². The summed E-state index contributed by atoms with van der Waals surface area (Å²) in [6, 6.07) is 7.23. The van der Waals surface area contributed by atoms with Gasteiger partial charge in [0, 0.05) is 31.0 Å².